The Morgan fingerprint density at radius 3 is 2.63 bits per heavy atom. The molecule has 0 spiro atoms. The van der Waals surface area contributed by atoms with Gasteiger partial charge in [-0.1, -0.05) is 30.0 Å². The first-order chi connectivity index (χ1) is 14.4. The zero-order valence-corrected chi connectivity index (χ0v) is 18.8. The number of anilines is 1. The molecule has 3 atom stereocenters. The highest BCUT2D eigenvalue weighted by molar-refractivity contribution is 7.99. The van der Waals surface area contributed by atoms with Crippen LogP contribution in [0.15, 0.2) is 45.2 Å². The van der Waals surface area contributed by atoms with Crippen molar-refractivity contribution < 1.29 is 4.79 Å². The number of likely N-dealkylation sites (tertiary alicyclic amines) is 1. The van der Waals surface area contributed by atoms with Gasteiger partial charge in [-0.3, -0.25) is 19.3 Å². The van der Waals surface area contributed by atoms with Gasteiger partial charge < -0.3 is 4.90 Å². The number of carbonyl (C=O) groups is 1. The molecule has 158 valence electrons. The summed E-state index contributed by atoms with van der Waals surface area (Å²) in [4.78, 5) is 25.5. The SMILES string of the molecule is CC1N=C2N(C)C(=O)c3c(nn(CC4CCN(C)C4)c3Sc3ccccc3)N2C1C. The summed E-state index contributed by atoms with van der Waals surface area (Å²) in [5, 5.41) is 5.96. The molecule has 4 heterocycles. The Balaban J connectivity index is 1.61. The number of rotatable bonds is 4. The number of amides is 1. The minimum absolute atomic E-state index is 0.0190. The highest BCUT2D eigenvalue weighted by Gasteiger charge is 2.45. The van der Waals surface area contributed by atoms with E-state index in [2.05, 4.69) is 47.5 Å². The van der Waals surface area contributed by atoms with Crippen LogP contribution in [0.4, 0.5) is 5.82 Å². The molecule has 0 bridgehead atoms. The van der Waals surface area contributed by atoms with Crippen LogP contribution in [0.3, 0.4) is 0 Å². The summed E-state index contributed by atoms with van der Waals surface area (Å²) in [6.45, 7) is 7.26. The average molecular weight is 425 g/mol. The smallest absolute Gasteiger partial charge is 0.266 e. The van der Waals surface area contributed by atoms with Gasteiger partial charge in [0.15, 0.2) is 5.82 Å². The van der Waals surface area contributed by atoms with Crippen molar-refractivity contribution in [1.29, 1.82) is 0 Å². The van der Waals surface area contributed by atoms with E-state index in [9.17, 15) is 4.79 Å². The van der Waals surface area contributed by atoms with Crippen molar-refractivity contribution in [2.75, 3.05) is 32.1 Å². The molecule has 1 fully saturated rings. The standard InChI is InChI=1S/C22H28N6OS/c1-14-15(2)28-19-18(20(29)26(4)22(28)23-14)21(30-17-8-6-5-7-9-17)27(24-19)13-16-10-11-25(3)12-16/h5-9,14-16H,10-13H2,1-4H3. The van der Waals surface area contributed by atoms with E-state index >= 15 is 0 Å². The fourth-order valence-electron chi connectivity index (χ4n) is 4.58. The first-order valence-electron chi connectivity index (χ1n) is 10.6. The highest BCUT2D eigenvalue weighted by atomic mass is 32.2. The van der Waals surface area contributed by atoms with E-state index in [-0.39, 0.29) is 18.0 Å². The third-order valence-electron chi connectivity index (χ3n) is 6.45. The molecule has 7 nitrogen and oxygen atoms in total. The van der Waals surface area contributed by atoms with Crippen LogP contribution >= 0.6 is 11.8 Å². The molecule has 5 rings (SSSR count). The topological polar surface area (TPSA) is 57.0 Å². The Morgan fingerprint density at radius 2 is 1.93 bits per heavy atom. The van der Waals surface area contributed by atoms with E-state index in [1.165, 1.54) is 0 Å². The molecule has 3 aliphatic rings. The molecule has 1 aromatic heterocycles. The second kappa shape index (κ2) is 7.42. The van der Waals surface area contributed by atoms with Gasteiger partial charge in [-0.05, 0) is 51.9 Å². The van der Waals surface area contributed by atoms with Gasteiger partial charge >= 0.3 is 0 Å². The molecule has 3 unspecified atom stereocenters. The van der Waals surface area contributed by atoms with Crippen LogP contribution in [0.2, 0.25) is 0 Å². The Bertz CT molecular complexity index is 1000. The van der Waals surface area contributed by atoms with Crippen LogP contribution in [0.25, 0.3) is 0 Å². The molecule has 30 heavy (non-hydrogen) atoms. The van der Waals surface area contributed by atoms with Crippen molar-refractivity contribution in [2.24, 2.45) is 10.9 Å². The summed E-state index contributed by atoms with van der Waals surface area (Å²) >= 11 is 1.63. The first-order valence-corrected chi connectivity index (χ1v) is 11.4. The van der Waals surface area contributed by atoms with E-state index in [4.69, 9.17) is 10.1 Å². The number of nitrogens with zero attached hydrogens (tertiary/aromatic N) is 6. The van der Waals surface area contributed by atoms with Crippen molar-refractivity contribution in [2.45, 2.75) is 48.8 Å². The van der Waals surface area contributed by atoms with Gasteiger partial charge in [-0.15, -0.1) is 0 Å². The number of hydrogen-bond donors (Lipinski definition) is 0. The number of guanidine groups is 1. The zero-order chi connectivity index (χ0) is 21.0. The molecule has 2 aromatic rings. The average Bonchev–Trinajstić information content (AvgIpc) is 3.38. The van der Waals surface area contributed by atoms with Gasteiger partial charge in [-0.25, -0.2) is 4.99 Å². The summed E-state index contributed by atoms with van der Waals surface area (Å²) < 4.78 is 2.08. The second-order valence-corrected chi connectivity index (χ2v) is 9.72. The predicted molar refractivity (Wildman–Crippen MR) is 119 cm³/mol. The maximum atomic E-state index is 13.4. The lowest BCUT2D eigenvalue weighted by atomic mass is 10.1. The third-order valence-corrected chi connectivity index (χ3v) is 7.57. The number of aromatic nitrogens is 2. The lowest BCUT2D eigenvalue weighted by molar-refractivity contribution is 0.0861. The van der Waals surface area contributed by atoms with Gasteiger partial charge in [-0.2, -0.15) is 5.10 Å². The number of benzene rings is 1. The minimum Gasteiger partial charge on any atom is -0.306 e. The largest absolute Gasteiger partial charge is 0.306 e. The lowest BCUT2D eigenvalue weighted by Crippen LogP contribution is -2.51. The number of aliphatic imine (C=N–C) groups is 1. The molecular weight excluding hydrogens is 396 g/mol. The monoisotopic (exact) mass is 424 g/mol. The Labute approximate surface area is 181 Å². The molecule has 1 saturated heterocycles. The quantitative estimate of drug-likeness (QED) is 0.755. The Hall–Kier alpha value is -2.32. The maximum absolute atomic E-state index is 13.4. The van der Waals surface area contributed by atoms with E-state index in [1.54, 1.807) is 16.7 Å². The fraction of sp³-hybridized carbons (Fsp3) is 0.500. The number of hydrogen-bond acceptors (Lipinski definition) is 6. The van der Waals surface area contributed by atoms with Gasteiger partial charge in [0.05, 0.1) is 12.1 Å². The molecule has 3 aliphatic heterocycles. The Kier molecular flexibility index (Phi) is 4.86. The normalized spacial score (nSPS) is 26.2. The van der Waals surface area contributed by atoms with E-state index in [0.717, 1.165) is 41.8 Å². The second-order valence-electron chi connectivity index (χ2n) is 8.66. The van der Waals surface area contributed by atoms with E-state index < -0.39 is 0 Å². The summed E-state index contributed by atoms with van der Waals surface area (Å²) in [6, 6.07) is 10.5. The molecular formula is C22H28N6OS. The molecule has 1 amide bonds. The summed E-state index contributed by atoms with van der Waals surface area (Å²) in [5.74, 6) is 2.00. The zero-order valence-electron chi connectivity index (χ0n) is 17.9. The van der Waals surface area contributed by atoms with E-state index in [1.807, 2.05) is 25.2 Å². The van der Waals surface area contributed by atoms with Gasteiger partial charge in [0.2, 0.25) is 5.96 Å². The van der Waals surface area contributed by atoms with Crippen molar-refractivity contribution in [3.63, 3.8) is 0 Å². The van der Waals surface area contributed by atoms with Crippen molar-refractivity contribution in [3.05, 3.63) is 35.9 Å². The molecule has 0 radical (unpaired) electrons. The molecule has 0 aliphatic carbocycles. The highest BCUT2D eigenvalue weighted by Crippen LogP contribution is 2.41. The Morgan fingerprint density at radius 1 is 1.17 bits per heavy atom. The summed E-state index contributed by atoms with van der Waals surface area (Å²) in [5.41, 5.74) is 0.706. The van der Waals surface area contributed by atoms with Crippen molar-refractivity contribution in [3.8, 4) is 0 Å². The van der Waals surface area contributed by atoms with Crippen LogP contribution in [-0.4, -0.2) is 70.7 Å². The van der Waals surface area contributed by atoms with Crippen LogP contribution < -0.4 is 4.90 Å². The first kappa shape index (κ1) is 19.6. The van der Waals surface area contributed by atoms with E-state index in [0.29, 0.717) is 17.4 Å². The minimum atomic E-state index is -0.0190. The number of fused-ring (bicyclic) bond motifs is 3. The maximum Gasteiger partial charge on any atom is 0.266 e. The van der Waals surface area contributed by atoms with Crippen molar-refractivity contribution >= 4 is 29.4 Å². The van der Waals surface area contributed by atoms with Crippen LogP contribution in [-0.2, 0) is 6.54 Å². The predicted octanol–water partition coefficient (Wildman–Crippen LogP) is 3.02. The lowest BCUT2D eigenvalue weighted by Gasteiger charge is -2.33. The molecule has 0 N–H and O–H groups in total. The fourth-order valence-corrected chi connectivity index (χ4v) is 5.60. The van der Waals surface area contributed by atoms with Gasteiger partial charge in [0, 0.05) is 25.0 Å². The summed E-state index contributed by atoms with van der Waals surface area (Å²) in [6.07, 6.45) is 1.16. The third kappa shape index (κ3) is 3.13. The number of carbonyl (C=O) groups excluding carboxylic acids is 1. The van der Waals surface area contributed by atoms with Crippen molar-refractivity contribution in [1.82, 2.24) is 19.6 Å². The molecule has 8 heteroatoms. The van der Waals surface area contributed by atoms with Gasteiger partial charge in [0.1, 0.15) is 10.6 Å². The van der Waals surface area contributed by atoms with Gasteiger partial charge in [0.25, 0.3) is 5.91 Å². The molecule has 1 aromatic carbocycles. The summed E-state index contributed by atoms with van der Waals surface area (Å²) in [7, 11) is 3.99. The van der Waals surface area contributed by atoms with Crippen LogP contribution in [0, 0.1) is 5.92 Å². The van der Waals surface area contributed by atoms with Crippen LogP contribution in [0.5, 0.6) is 0 Å². The van der Waals surface area contributed by atoms with Crippen LogP contribution in [0.1, 0.15) is 30.6 Å². The molecule has 0 saturated carbocycles.